The number of furan rings is 1. The first-order valence-electron chi connectivity index (χ1n) is 16.2. The van der Waals surface area contributed by atoms with Crippen LogP contribution in [0.3, 0.4) is 0 Å². The molecule has 0 aliphatic carbocycles. The van der Waals surface area contributed by atoms with E-state index in [9.17, 15) is 0 Å². The van der Waals surface area contributed by atoms with E-state index < -0.39 is 0 Å². The second kappa shape index (κ2) is 10.5. The highest BCUT2D eigenvalue weighted by atomic mass is 16.3. The number of nitrogens with zero attached hydrogens (tertiary/aromatic N) is 3. The third kappa shape index (κ3) is 4.10. The van der Waals surface area contributed by atoms with E-state index in [1.807, 2.05) is 18.2 Å². The van der Waals surface area contributed by atoms with E-state index in [2.05, 4.69) is 150 Å². The molecule has 4 heteroatoms. The molecule has 3 aromatic heterocycles. The molecule has 0 spiro atoms. The van der Waals surface area contributed by atoms with Gasteiger partial charge in [0.05, 0.1) is 11.0 Å². The number of para-hydroxylation sites is 2. The standard InChI is InChI=1S/C44H27N3O/c1-2-13-29(14-3-1)44-45-41(36-21-11-15-28-12-4-5-18-33(28)36)43-42(46-44)37-25-24-31(27-40(37)48-43)30-16-10-17-32(26-30)47-38-22-8-6-19-34(38)35-20-7-9-23-39(35)47/h1-27H. The predicted octanol–water partition coefficient (Wildman–Crippen LogP) is 11.6. The Hall–Kier alpha value is -6.52. The van der Waals surface area contributed by atoms with E-state index in [1.165, 1.54) is 21.8 Å². The molecule has 0 unspecified atom stereocenters. The van der Waals surface area contributed by atoms with Crippen molar-refractivity contribution in [3.05, 3.63) is 164 Å². The Kier molecular flexibility index (Phi) is 5.84. The Morgan fingerprint density at radius 1 is 0.458 bits per heavy atom. The number of aromatic nitrogens is 3. The van der Waals surface area contributed by atoms with Crippen molar-refractivity contribution in [1.82, 2.24) is 14.5 Å². The molecule has 0 aliphatic rings. The molecule has 10 rings (SSSR count). The summed E-state index contributed by atoms with van der Waals surface area (Å²) in [6, 6.07) is 57.3. The molecule has 7 aromatic carbocycles. The summed E-state index contributed by atoms with van der Waals surface area (Å²) in [4.78, 5) is 10.2. The number of hydrogen-bond donors (Lipinski definition) is 0. The Balaban J connectivity index is 1.17. The zero-order chi connectivity index (χ0) is 31.6. The molecule has 224 valence electrons. The Morgan fingerprint density at radius 3 is 1.92 bits per heavy atom. The molecule has 0 N–H and O–H groups in total. The summed E-state index contributed by atoms with van der Waals surface area (Å²) in [5.74, 6) is 0.677. The topological polar surface area (TPSA) is 43.9 Å². The predicted molar refractivity (Wildman–Crippen MR) is 197 cm³/mol. The molecule has 10 aromatic rings. The van der Waals surface area contributed by atoms with Crippen LogP contribution in [-0.4, -0.2) is 14.5 Å². The highest BCUT2D eigenvalue weighted by molar-refractivity contribution is 6.11. The molecule has 0 saturated heterocycles. The lowest BCUT2D eigenvalue weighted by atomic mass is 10.0. The van der Waals surface area contributed by atoms with Gasteiger partial charge in [-0.2, -0.15) is 0 Å². The largest absolute Gasteiger partial charge is 0.452 e. The Morgan fingerprint density at radius 2 is 1.10 bits per heavy atom. The Bertz CT molecular complexity index is 2790. The van der Waals surface area contributed by atoms with Crippen molar-refractivity contribution in [3.63, 3.8) is 0 Å². The zero-order valence-corrected chi connectivity index (χ0v) is 25.8. The van der Waals surface area contributed by atoms with Crippen molar-refractivity contribution < 1.29 is 4.42 Å². The monoisotopic (exact) mass is 613 g/mol. The summed E-state index contributed by atoms with van der Waals surface area (Å²) in [5.41, 5.74) is 10.8. The van der Waals surface area contributed by atoms with E-state index in [0.29, 0.717) is 11.4 Å². The minimum Gasteiger partial charge on any atom is -0.452 e. The Labute approximate surface area is 276 Å². The van der Waals surface area contributed by atoms with Crippen molar-refractivity contribution >= 4 is 54.6 Å². The van der Waals surface area contributed by atoms with Gasteiger partial charge in [0.15, 0.2) is 11.4 Å². The molecular weight excluding hydrogens is 587 g/mol. The van der Waals surface area contributed by atoms with Gasteiger partial charge in [0, 0.05) is 33.0 Å². The first-order valence-corrected chi connectivity index (χ1v) is 16.2. The summed E-state index contributed by atoms with van der Waals surface area (Å²) < 4.78 is 9.08. The van der Waals surface area contributed by atoms with Gasteiger partial charge in [-0.3, -0.25) is 0 Å². The molecule has 4 nitrogen and oxygen atoms in total. The third-order valence-electron chi connectivity index (χ3n) is 9.41. The van der Waals surface area contributed by atoms with Crippen molar-refractivity contribution in [2.75, 3.05) is 0 Å². The molecule has 48 heavy (non-hydrogen) atoms. The minimum absolute atomic E-state index is 0.677. The zero-order valence-electron chi connectivity index (χ0n) is 25.8. The van der Waals surface area contributed by atoms with E-state index in [0.717, 1.165) is 60.9 Å². The second-order valence-electron chi connectivity index (χ2n) is 12.2. The van der Waals surface area contributed by atoms with Gasteiger partial charge >= 0.3 is 0 Å². The van der Waals surface area contributed by atoms with Gasteiger partial charge in [-0.05, 0) is 58.3 Å². The number of rotatable bonds is 4. The van der Waals surface area contributed by atoms with Crippen LogP contribution >= 0.6 is 0 Å². The lowest BCUT2D eigenvalue weighted by Gasteiger charge is -2.10. The number of hydrogen-bond acceptors (Lipinski definition) is 3. The SMILES string of the molecule is c1ccc(-c2nc(-c3cccc4ccccc34)c3oc4cc(-c5cccc(-n6c7ccccc7c7ccccc76)c5)ccc4c3n2)cc1. The van der Waals surface area contributed by atoms with Crippen molar-refractivity contribution in [2.45, 2.75) is 0 Å². The van der Waals surface area contributed by atoms with Crippen molar-refractivity contribution in [1.29, 1.82) is 0 Å². The number of benzene rings is 7. The molecule has 3 heterocycles. The van der Waals surface area contributed by atoms with Crippen LogP contribution < -0.4 is 0 Å². The summed E-state index contributed by atoms with van der Waals surface area (Å²) >= 11 is 0. The first kappa shape index (κ1) is 26.7. The highest BCUT2D eigenvalue weighted by Crippen LogP contribution is 2.40. The summed E-state index contributed by atoms with van der Waals surface area (Å²) in [6.45, 7) is 0. The molecular formula is C44H27N3O. The van der Waals surface area contributed by atoms with Crippen LogP contribution in [0.1, 0.15) is 0 Å². The molecule has 0 radical (unpaired) electrons. The van der Waals surface area contributed by atoms with Gasteiger partial charge in [-0.25, -0.2) is 9.97 Å². The van der Waals surface area contributed by atoms with Gasteiger partial charge in [0.2, 0.25) is 0 Å². The minimum atomic E-state index is 0.677. The van der Waals surface area contributed by atoms with Crippen LogP contribution in [-0.2, 0) is 0 Å². The van der Waals surface area contributed by atoms with Crippen LogP contribution in [0.25, 0.3) is 94.1 Å². The van der Waals surface area contributed by atoms with Gasteiger partial charge in [-0.1, -0.05) is 127 Å². The lowest BCUT2D eigenvalue weighted by Crippen LogP contribution is -1.94. The summed E-state index contributed by atoms with van der Waals surface area (Å²) in [5, 5.41) is 5.75. The smallest absolute Gasteiger partial charge is 0.180 e. The fourth-order valence-electron chi connectivity index (χ4n) is 7.18. The number of fused-ring (bicyclic) bond motifs is 7. The lowest BCUT2D eigenvalue weighted by molar-refractivity contribution is 0.667. The molecule has 0 atom stereocenters. The molecule has 0 fully saturated rings. The van der Waals surface area contributed by atoms with Crippen LogP contribution in [0.5, 0.6) is 0 Å². The summed E-state index contributed by atoms with van der Waals surface area (Å²) in [6.07, 6.45) is 0. The van der Waals surface area contributed by atoms with Gasteiger partial charge in [-0.15, -0.1) is 0 Å². The fraction of sp³-hybridized carbons (Fsp3) is 0. The maximum absolute atomic E-state index is 6.73. The van der Waals surface area contributed by atoms with Gasteiger partial charge in [0.25, 0.3) is 0 Å². The molecule has 0 saturated carbocycles. The van der Waals surface area contributed by atoms with E-state index in [1.54, 1.807) is 0 Å². The van der Waals surface area contributed by atoms with Crippen LogP contribution in [0.15, 0.2) is 168 Å². The maximum atomic E-state index is 6.73. The van der Waals surface area contributed by atoms with E-state index >= 15 is 0 Å². The van der Waals surface area contributed by atoms with E-state index in [4.69, 9.17) is 14.4 Å². The van der Waals surface area contributed by atoms with Crippen LogP contribution in [0.4, 0.5) is 0 Å². The van der Waals surface area contributed by atoms with Crippen LogP contribution in [0.2, 0.25) is 0 Å². The van der Waals surface area contributed by atoms with Crippen LogP contribution in [0, 0.1) is 0 Å². The third-order valence-corrected chi connectivity index (χ3v) is 9.41. The first-order chi connectivity index (χ1) is 23.8. The molecule has 0 bridgehead atoms. The quantitative estimate of drug-likeness (QED) is 0.198. The summed E-state index contributed by atoms with van der Waals surface area (Å²) in [7, 11) is 0. The average molecular weight is 614 g/mol. The second-order valence-corrected chi connectivity index (χ2v) is 12.2. The molecule has 0 amide bonds. The molecule has 0 aliphatic heterocycles. The fourth-order valence-corrected chi connectivity index (χ4v) is 7.18. The maximum Gasteiger partial charge on any atom is 0.180 e. The highest BCUT2D eigenvalue weighted by Gasteiger charge is 2.20. The van der Waals surface area contributed by atoms with Gasteiger partial charge in [0.1, 0.15) is 16.8 Å². The van der Waals surface area contributed by atoms with Crippen molar-refractivity contribution in [3.8, 4) is 39.5 Å². The van der Waals surface area contributed by atoms with E-state index in [-0.39, 0.29) is 0 Å². The van der Waals surface area contributed by atoms with Crippen molar-refractivity contribution in [2.24, 2.45) is 0 Å². The van der Waals surface area contributed by atoms with Gasteiger partial charge < -0.3 is 8.98 Å². The normalized spacial score (nSPS) is 11.8. The average Bonchev–Trinajstić information content (AvgIpc) is 3.70.